The molecule has 0 saturated heterocycles. The smallest absolute Gasteiger partial charge is 0.167 e. The highest BCUT2D eigenvalue weighted by atomic mass is 16.1. The van der Waals surface area contributed by atoms with E-state index in [1.54, 1.807) is 0 Å². The molecule has 15 heavy (non-hydrogen) atoms. The number of aryl methyl sites for hydroxylation is 1. The molecule has 0 fully saturated rings. The molecule has 0 unspecified atom stereocenters. The zero-order chi connectivity index (χ0) is 11.0. The van der Waals surface area contributed by atoms with Gasteiger partial charge in [0.25, 0.3) is 0 Å². The molecule has 2 heteroatoms. The number of nitrogens with one attached hydrogen (secondary N) is 1. The predicted octanol–water partition coefficient (Wildman–Crippen LogP) is 3.32. The van der Waals surface area contributed by atoms with Gasteiger partial charge in [0.05, 0.1) is 0 Å². The maximum atomic E-state index is 11.9. The summed E-state index contributed by atoms with van der Waals surface area (Å²) >= 11 is 0. The van der Waals surface area contributed by atoms with Crippen molar-refractivity contribution in [3.8, 4) is 0 Å². The molecule has 1 aromatic carbocycles. The standard InChI is InChI=1S/C13H15NO/c1-8(2)13(15)11-7-14-12-5-4-9(3)6-10(11)12/h4-8,14H,1-3H3. The second kappa shape index (κ2) is 3.54. The van der Waals surface area contributed by atoms with E-state index >= 15 is 0 Å². The summed E-state index contributed by atoms with van der Waals surface area (Å²) in [5.74, 6) is 0.247. The van der Waals surface area contributed by atoms with Gasteiger partial charge in [0.2, 0.25) is 0 Å². The fourth-order valence-corrected chi connectivity index (χ4v) is 1.75. The van der Waals surface area contributed by atoms with E-state index in [0.29, 0.717) is 0 Å². The minimum atomic E-state index is 0.0458. The van der Waals surface area contributed by atoms with Crippen molar-refractivity contribution in [2.75, 3.05) is 0 Å². The average molecular weight is 201 g/mol. The molecule has 1 heterocycles. The highest BCUT2D eigenvalue weighted by Crippen LogP contribution is 2.22. The summed E-state index contributed by atoms with van der Waals surface area (Å²) in [4.78, 5) is 15.0. The van der Waals surface area contributed by atoms with Gasteiger partial charge in [0.1, 0.15) is 0 Å². The van der Waals surface area contributed by atoms with E-state index in [9.17, 15) is 4.79 Å². The third kappa shape index (κ3) is 1.67. The van der Waals surface area contributed by atoms with Gasteiger partial charge in [-0.05, 0) is 19.1 Å². The number of benzene rings is 1. The molecule has 0 saturated carbocycles. The third-order valence-corrected chi connectivity index (χ3v) is 2.63. The van der Waals surface area contributed by atoms with Gasteiger partial charge in [0.15, 0.2) is 5.78 Å². The number of Topliss-reactive ketones (excluding diaryl/α,β-unsaturated/α-hetero) is 1. The zero-order valence-electron chi connectivity index (χ0n) is 9.29. The number of aromatic amines is 1. The summed E-state index contributed by atoms with van der Waals surface area (Å²) in [6, 6.07) is 6.12. The van der Waals surface area contributed by atoms with Crippen LogP contribution in [-0.4, -0.2) is 10.8 Å². The minimum absolute atomic E-state index is 0.0458. The zero-order valence-corrected chi connectivity index (χ0v) is 9.29. The van der Waals surface area contributed by atoms with Gasteiger partial charge in [-0.15, -0.1) is 0 Å². The van der Waals surface area contributed by atoms with Crippen molar-refractivity contribution in [3.63, 3.8) is 0 Å². The van der Waals surface area contributed by atoms with Crippen LogP contribution < -0.4 is 0 Å². The molecule has 0 radical (unpaired) electrons. The number of rotatable bonds is 2. The van der Waals surface area contributed by atoms with E-state index in [2.05, 4.69) is 11.1 Å². The largest absolute Gasteiger partial charge is 0.360 e. The Hall–Kier alpha value is -1.57. The number of H-pyrrole nitrogens is 1. The van der Waals surface area contributed by atoms with Crippen molar-refractivity contribution in [2.45, 2.75) is 20.8 Å². The van der Waals surface area contributed by atoms with E-state index in [4.69, 9.17) is 0 Å². The quantitative estimate of drug-likeness (QED) is 0.743. The van der Waals surface area contributed by atoms with E-state index < -0.39 is 0 Å². The Balaban J connectivity index is 2.62. The molecular formula is C13H15NO. The van der Waals surface area contributed by atoms with E-state index in [1.165, 1.54) is 5.56 Å². The molecule has 1 N–H and O–H groups in total. The molecule has 0 aliphatic rings. The Morgan fingerprint density at radius 1 is 1.33 bits per heavy atom. The molecule has 1 aromatic heterocycles. The summed E-state index contributed by atoms with van der Waals surface area (Å²) < 4.78 is 0. The predicted molar refractivity (Wildman–Crippen MR) is 62.2 cm³/mol. The normalized spacial score (nSPS) is 11.2. The lowest BCUT2D eigenvalue weighted by atomic mass is 10.00. The van der Waals surface area contributed by atoms with Crippen LogP contribution in [0.4, 0.5) is 0 Å². The van der Waals surface area contributed by atoms with Crippen molar-refractivity contribution >= 4 is 16.7 Å². The molecule has 2 aromatic rings. The molecule has 0 atom stereocenters. The van der Waals surface area contributed by atoms with Crippen LogP contribution in [0.25, 0.3) is 10.9 Å². The molecule has 78 valence electrons. The van der Waals surface area contributed by atoms with Crippen LogP contribution in [0.1, 0.15) is 29.8 Å². The fraction of sp³-hybridized carbons (Fsp3) is 0.308. The van der Waals surface area contributed by atoms with Gasteiger partial charge in [-0.2, -0.15) is 0 Å². The first-order valence-electron chi connectivity index (χ1n) is 5.21. The maximum absolute atomic E-state index is 11.9. The second-order valence-corrected chi connectivity index (χ2v) is 4.27. The highest BCUT2D eigenvalue weighted by Gasteiger charge is 2.14. The van der Waals surface area contributed by atoms with Gasteiger partial charge >= 0.3 is 0 Å². The Morgan fingerprint density at radius 3 is 2.73 bits per heavy atom. The van der Waals surface area contributed by atoms with Gasteiger partial charge in [0, 0.05) is 28.6 Å². The lowest BCUT2D eigenvalue weighted by Gasteiger charge is -2.02. The summed E-state index contributed by atoms with van der Waals surface area (Å²) in [5, 5.41) is 1.04. The SMILES string of the molecule is Cc1ccc2[nH]cc(C(=O)C(C)C)c2c1. The summed E-state index contributed by atoms with van der Waals surface area (Å²) in [6.45, 7) is 5.89. The van der Waals surface area contributed by atoms with E-state index in [1.807, 2.05) is 39.1 Å². The van der Waals surface area contributed by atoms with E-state index in [0.717, 1.165) is 16.5 Å². The minimum Gasteiger partial charge on any atom is -0.360 e. The van der Waals surface area contributed by atoms with Crippen molar-refractivity contribution in [1.82, 2.24) is 4.98 Å². The van der Waals surface area contributed by atoms with Crippen molar-refractivity contribution in [3.05, 3.63) is 35.5 Å². The lowest BCUT2D eigenvalue weighted by molar-refractivity contribution is 0.0941. The molecule has 0 aliphatic heterocycles. The number of fused-ring (bicyclic) bond motifs is 1. The lowest BCUT2D eigenvalue weighted by Crippen LogP contribution is -2.06. The van der Waals surface area contributed by atoms with Crippen LogP contribution in [0.3, 0.4) is 0 Å². The number of carbonyl (C=O) groups is 1. The first kappa shape index (κ1) is 9.97. The van der Waals surface area contributed by atoms with E-state index in [-0.39, 0.29) is 11.7 Å². The number of hydrogen-bond acceptors (Lipinski definition) is 1. The topological polar surface area (TPSA) is 32.9 Å². The maximum Gasteiger partial charge on any atom is 0.167 e. The summed E-state index contributed by atoms with van der Waals surface area (Å²) in [6.07, 6.45) is 1.81. The molecule has 2 nitrogen and oxygen atoms in total. The van der Waals surface area contributed by atoms with Crippen LogP contribution in [-0.2, 0) is 0 Å². The Morgan fingerprint density at radius 2 is 2.07 bits per heavy atom. The molecule has 0 amide bonds. The second-order valence-electron chi connectivity index (χ2n) is 4.27. The molecule has 0 bridgehead atoms. The highest BCUT2D eigenvalue weighted by molar-refractivity contribution is 6.08. The van der Waals surface area contributed by atoms with Crippen LogP contribution in [0.5, 0.6) is 0 Å². The Labute approximate surface area is 89.3 Å². The van der Waals surface area contributed by atoms with Crippen LogP contribution in [0, 0.1) is 12.8 Å². The molecule has 0 spiro atoms. The van der Waals surface area contributed by atoms with Crippen LogP contribution >= 0.6 is 0 Å². The fourth-order valence-electron chi connectivity index (χ4n) is 1.75. The number of carbonyl (C=O) groups excluding carboxylic acids is 1. The third-order valence-electron chi connectivity index (χ3n) is 2.63. The number of aromatic nitrogens is 1. The average Bonchev–Trinajstić information content (AvgIpc) is 2.59. The number of hydrogen-bond donors (Lipinski definition) is 1. The Bertz CT molecular complexity index is 508. The molecular weight excluding hydrogens is 186 g/mol. The van der Waals surface area contributed by atoms with Crippen molar-refractivity contribution < 1.29 is 4.79 Å². The first-order chi connectivity index (χ1) is 7.09. The van der Waals surface area contributed by atoms with Crippen molar-refractivity contribution in [1.29, 1.82) is 0 Å². The van der Waals surface area contributed by atoms with Crippen LogP contribution in [0.2, 0.25) is 0 Å². The molecule has 0 aliphatic carbocycles. The molecule has 2 rings (SSSR count). The number of ketones is 1. The monoisotopic (exact) mass is 201 g/mol. The van der Waals surface area contributed by atoms with Gasteiger partial charge in [-0.25, -0.2) is 0 Å². The van der Waals surface area contributed by atoms with Gasteiger partial charge < -0.3 is 4.98 Å². The Kier molecular flexibility index (Phi) is 2.35. The first-order valence-corrected chi connectivity index (χ1v) is 5.21. The van der Waals surface area contributed by atoms with Crippen molar-refractivity contribution in [2.24, 2.45) is 5.92 Å². The summed E-state index contributed by atoms with van der Waals surface area (Å²) in [7, 11) is 0. The van der Waals surface area contributed by atoms with Gasteiger partial charge in [-0.1, -0.05) is 25.5 Å². The summed E-state index contributed by atoms with van der Waals surface area (Å²) in [5.41, 5.74) is 3.02. The van der Waals surface area contributed by atoms with Crippen LogP contribution in [0.15, 0.2) is 24.4 Å². The van der Waals surface area contributed by atoms with Gasteiger partial charge in [-0.3, -0.25) is 4.79 Å².